The largest absolute Gasteiger partial charge is 0.333 e. The summed E-state index contributed by atoms with van der Waals surface area (Å²) in [6.45, 7) is 2.70. The van der Waals surface area contributed by atoms with Gasteiger partial charge in [0.15, 0.2) is 11.6 Å². The number of hydrogen-bond donors (Lipinski definition) is 0. The summed E-state index contributed by atoms with van der Waals surface area (Å²) in [6.07, 6.45) is 5.51. The third-order valence-electron chi connectivity index (χ3n) is 4.47. The van der Waals surface area contributed by atoms with Gasteiger partial charge in [0.25, 0.3) is 5.91 Å². The third-order valence-corrected chi connectivity index (χ3v) is 5.32. The van der Waals surface area contributed by atoms with Crippen LogP contribution in [0.4, 0.5) is 0 Å². The van der Waals surface area contributed by atoms with Crippen molar-refractivity contribution in [1.82, 2.24) is 24.4 Å². The Morgan fingerprint density at radius 1 is 1.36 bits per heavy atom. The van der Waals surface area contributed by atoms with Crippen molar-refractivity contribution >= 4 is 17.2 Å². The second kappa shape index (κ2) is 6.40. The maximum Gasteiger partial charge on any atom is 0.264 e. The molecule has 4 heterocycles. The Morgan fingerprint density at radius 3 is 2.96 bits per heavy atom. The second-order valence-corrected chi connectivity index (χ2v) is 7.20. The van der Waals surface area contributed by atoms with Gasteiger partial charge in [-0.2, -0.15) is 0 Å². The molecule has 3 aromatic heterocycles. The van der Waals surface area contributed by atoms with Gasteiger partial charge in [-0.3, -0.25) is 4.79 Å². The lowest BCUT2D eigenvalue weighted by Crippen LogP contribution is -2.31. The zero-order valence-corrected chi connectivity index (χ0v) is 15.0. The maximum atomic E-state index is 12.8. The molecule has 4 rings (SSSR count). The molecule has 25 heavy (non-hydrogen) atoms. The van der Waals surface area contributed by atoms with E-state index < -0.39 is 0 Å². The smallest absolute Gasteiger partial charge is 0.264 e. The summed E-state index contributed by atoms with van der Waals surface area (Å²) >= 11 is 1.48. The molecule has 0 N–H and O–H groups in total. The molecule has 1 amide bonds. The van der Waals surface area contributed by atoms with E-state index >= 15 is 0 Å². The monoisotopic (exact) mass is 353 g/mol. The number of amides is 1. The van der Waals surface area contributed by atoms with Gasteiger partial charge < -0.3 is 9.47 Å². The van der Waals surface area contributed by atoms with E-state index in [1.807, 2.05) is 53.2 Å². The van der Waals surface area contributed by atoms with Gasteiger partial charge in [-0.05, 0) is 37.3 Å². The fourth-order valence-corrected chi connectivity index (χ4v) is 3.97. The molecular formula is C18H19N5OS. The normalized spacial score (nSPS) is 17.2. The Hall–Kier alpha value is -2.54. The molecule has 1 saturated heterocycles. The van der Waals surface area contributed by atoms with E-state index in [-0.39, 0.29) is 11.9 Å². The summed E-state index contributed by atoms with van der Waals surface area (Å²) in [5.41, 5.74) is 1.68. The van der Waals surface area contributed by atoms with Crippen LogP contribution < -0.4 is 0 Å². The minimum atomic E-state index is -0.0754. The highest BCUT2D eigenvalue weighted by atomic mass is 32.1. The lowest BCUT2D eigenvalue weighted by Gasteiger charge is -2.23. The average Bonchev–Trinajstić information content (AvgIpc) is 3.34. The van der Waals surface area contributed by atoms with Crippen LogP contribution in [0.1, 0.15) is 40.1 Å². The Labute approximate surface area is 150 Å². The molecule has 1 aliphatic rings. The van der Waals surface area contributed by atoms with Gasteiger partial charge in [0.05, 0.1) is 10.9 Å². The first kappa shape index (κ1) is 16.0. The SMILES string of the molecule is Cc1cc(-c2nccn2C)nc([C@@H]2CCCN2C(=O)c2cccs2)n1. The van der Waals surface area contributed by atoms with Crippen molar-refractivity contribution in [2.24, 2.45) is 7.05 Å². The number of aryl methyl sites for hydroxylation is 2. The molecule has 6 nitrogen and oxygen atoms in total. The number of likely N-dealkylation sites (tertiary alicyclic amines) is 1. The number of rotatable bonds is 3. The lowest BCUT2D eigenvalue weighted by atomic mass is 10.2. The minimum absolute atomic E-state index is 0.0705. The molecule has 0 saturated carbocycles. The Balaban J connectivity index is 1.70. The molecule has 0 aliphatic carbocycles. The highest BCUT2D eigenvalue weighted by Gasteiger charge is 2.33. The highest BCUT2D eigenvalue weighted by molar-refractivity contribution is 7.12. The van der Waals surface area contributed by atoms with Gasteiger partial charge in [-0.15, -0.1) is 11.3 Å². The molecule has 0 spiro atoms. The number of hydrogen-bond acceptors (Lipinski definition) is 5. The predicted octanol–water partition coefficient (Wildman–Crippen LogP) is 3.22. The molecule has 0 bridgehead atoms. The first-order valence-electron chi connectivity index (χ1n) is 8.31. The van der Waals surface area contributed by atoms with E-state index in [1.165, 1.54) is 11.3 Å². The van der Waals surface area contributed by atoms with Crippen molar-refractivity contribution in [1.29, 1.82) is 0 Å². The van der Waals surface area contributed by atoms with Gasteiger partial charge in [0.1, 0.15) is 5.69 Å². The van der Waals surface area contributed by atoms with Crippen LogP contribution in [0.15, 0.2) is 36.0 Å². The molecule has 1 atom stereocenters. The van der Waals surface area contributed by atoms with Crippen LogP contribution in [0.5, 0.6) is 0 Å². The van der Waals surface area contributed by atoms with Gasteiger partial charge in [0, 0.05) is 31.7 Å². The molecule has 7 heteroatoms. The van der Waals surface area contributed by atoms with Crippen molar-refractivity contribution in [3.05, 3.63) is 52.4 Å². The van der Waals surface area contributed by atoms with Gasteiger partial charge in [0.2, 0.25) is 0 Å². The Kier molecular flexibility index (Phi) is 4.09. The number of carbonyl (C=O) groups excluding carboxylic acids is 1. The van der Waals surface area contributed by atoms with Crippen LogP contribution in [0.2, 0.25) is 0 Å². The molecule has 1 aliphatic heterocycles. The lowest BCUT2D eigenvalue weighted by molar-refractivity contribution is 0.0734. The number of nitrogens with zero attached hydrogens (tertiary/aromatic N) is 5. The van der Waals surface area contributed by atoms with Crippen LogP contribution in [0.3, 0.4) is 0 Å². The molecule has 0 aromatic carbocycles. The summed E-state index contributed by atoms with van der Waals surface area (Å²) in [7, 11) is 1.95. The molecular weight excluding hydrogens is 334 g/mol. The Bertz CT molecular complexity index is 902. The van der Waals surface area contributed by atoms with Crippen molar-refractivity contribution in [3.8, 4) is 11.5 Å². The van der Waals surface area contributed by atoms with Crippen LogP contribution in [-0.4, -0.2) is 36.9 Å². The number of aromatic nitrogens is 4. The van der Waals surface area contributed by atoms with E-state index in [4.69, 9.17) is 4.98 Å². The number of thiophene rings is 1. The number of imidazole rings is 1. The molecule has 0 unspecified atom stereocenters. The van der Waals surface area contributed by atoms with Crippen molar-refractivity contribution in [3.63, 3.8) is 0 Å². The maximum absolute atomic E-state index is 12.8. The van der Waals surface area contributed by atoms with Crippen LogP contribution in [0, 0.1) is 6.92 Å². The van der Waals surface area contributed by atoms with Gasteiger partial charge in [-0.25, -0.2) is 15.0 Å². The Morgan fingerprint density at radius 2 is 2.24 bits per heavy atom. The minimum Gasteiger partial charge on any atom is -0.333 e. The quantitative estimate of drug-likeness (QED) is 0.725. The summed E-state index contributed by atoms with van der Waals surface area (Å²) in [5, 5.41) is 1.93. The van der Waals surface area contributed by atoms with E-state index in [0.29, 0.717) is 5.82 Å². The molecule has 3 aromatic rings. The van der Waals surface area contributed by atoms with Crippen LogP contribution in [-0.2, 0) is 7.05 Å². The molecule has 0 radical (unpaired) electrons. The first-order chi connectivity index (χ1) is 12.1. The van der Waals surface area contributed by atoms with Crippen LogP contribution in [0.25, 0.3) is 11.5 Å². The van der Waals surface area contributed by atoms with Crippen LogP contribution >= 0.6 is 11.3 Å². The van der Waals surface area contributed by atoms with Crippen molar-refractivity contribution in [2.45, 2.75) is 25.8 Å². The summed E-state index contributed by atoms with van der Waals surface area (Å²) in [4.78, 5) is 29.2. The zero-order chi connectivity index (χ0) is 17.4. The standard InChI is InChI=1S/C18H19N5OS/c1-12-11-13(17-19-7-9-22(17)2)21-16(20-12)14-5-3-8-23(14)18(24)15-6-4-10-25-15/h4,6-7,9-11,14H,3,5,8H2,1-2H3/t14-/m0/s1. The molecule has 1 fully saturated rings. The topological polar surface area (TPSA) is 63.9 Å². The van der Waals surface area contributed by atoms with Crippen molar-refractivity contribution < 1.29 is 4.79 Å². The van der Waals surface area contributed by atoms with E-state index in [0.717, 1.165) is 41.5 Å². The van der Waals surface area contributed by atoms with E-state index in [2.05, 4.69) is 9.97 Å². The van der Waals surface area contributed by atoms with Crippen molar-refractivity contribution in [2.75, 3.05) is 6.54 Å². The average molecular weight is 353 g/mol. The van der Waals surface area contributed by atoms with Gasteiger partial charge >= 0.3 is 0 Å². The summed E-state index contributed by atoms with van der Waals surface area (Å²) in [5.74, 6) is 1.59. The van der Waals surface area contributed by atoms with E-state index in [1.54, 1.807) is 6.20 Å². The first-order valence-corrected chi connectivity index (χ1v) is 9.19. The van der Waals surface area contributed by atoms with Gasteiger partial charge in [-0.1, -0.05) is 6.07 Å². The zero-order valence-electron chi connectivity index (χ0n) is 14.2. The second-order valence-electron chi connectivity index (χ2n) is 6.25. The molecule has 128 valence electrons. The summed E-state index contributed by atoms with van der Waals surface area (Å²) in [6, 6.07) is 5.64. The predicted molar refractivity (Wildman–Crippen MR) is 96.3 cm³/mol. The van der Waals surface area contributed by atoms with E-state index in [9.17, 15) is 4.79 Å². The number of carbonyl (C=O) groups is 1. The third kappa shape index (κ3) is 2.95. The summed E-state index contributed by atoms with van der Waals surface area (Å²) < 4.78 is 1.94. The fraction of sp³-hybridized carbons (Fsp3) is 0.333. The fourth-order valence-electron chi connectivity index (χ4n) is 3.29. The highest BCUT2D eigenvalue weighted by Crippen LogP contribution is 2.33.